The van der Waals surface area contributed by atoms with Crippen molar-refractivity contribution in [3.8, 4) is 0 Å². The summed E-state index contributed by atoms with van der Waals surface area (Å²) in [6.07, 6.45) is 0. The van der Waals surface area contributed by atoms with Gasteiger partial charge in [0, 0.05) is 15.1 Å². The van der Waals surface area contributed by atoms with E-state index in [1.54, 1.807) is 12.1 Å². The SMILES string of the molecule is C[C@@H](Sc1ccc(F)cc1)C(=O)Nc1ccc(Br)cc1. The van der Waals surface area contributed by atoms with Crippen LogP contribution in [0.4, 0.5) is 10.1 Å². The number of carbonyl (C=O) groups is 1. The Kier molecular flexibility index (Phi) is 5.20. The Morgan fingerprint density at radius 2 is 1.75 bits per heavy atom. The van der Waals surface area contributed by atoms with Crippen molar-refractivity contribution in [2.75, 3.05) is 5.32 Å². The van der Waals surface area contributed by atoms with E-state index in [2.05, 4.69) is 21.2 Å². The van der Waals surface area contributed by atoms with Gasteiger partial charge in [0.25, 0.3) is 0 Å². The third kappa shape index (κ3) is 4.35. The first-order valence-electron chi connectivity index (χ1n) is 6.03. The molecule has 0 unspecified atom stereocenters. The zero-order valence-corrected chi connectivity index (χ0v) is 13.2. The summed E-state index contributed by atoms with van der Waals surface area (Å²) < 4.78 is 13.8. The number of nitrogens with one attached hydrogen (secondary N) is 1. The van der Waals surface area contributed by atoms with Crippen LogP contribution in [-0.4, -0.2) is 11.2 Å². The topological polar surface area (TPSA) is 29.1 Å². The Labute approximate surface area is 129 Å². The second-order valence-electron chi connectivity index (χ2n) is 4.21. The molecule has 104 valence electrons. The molecule has 0 aliphatic carbocycles. The van der Waals surface area contributed by atoms with Crippen molar-refractivity contribution >= 4 is 39.3 Å². The molecule has 5 heteroatoms. The van der Waals surface area contributed by atoms with Crippen LogP contribution in [-0.2, 0) is 4.79 Å². The van der Waals surface area contributed by atoms with Gasteiger partial charge in [-0.3, -0.25) is 4.79 Å². The van der Waals surface area contributed by atoms with Crippen molar-refractivity contribution in [1.29, 1.82) is 0 Å². The van der Waals surface area contributed by atoms with Gasteiger partial charge in [0.1, 0.15) is 5.82 Å². The van der Waals surface area contributed by atoms with E-state index in [4.69, 9.17) is 0 Å². The number of benzene rings is 2. The smallest absolute Gasteiger partial charge is 0.237 e. The zero-order chi connectivity index (χ0) is 14.5. The van der Waals surface area contributed by atoms with Gasteiger partial charge in [-0.1, -0.05) is 15.9 Å². The van der Waals surface area contributed by atoms with Crippen molar-refractivity contribution in [2.24, 2.45) is 0 Å². The minimum absolute atomic E-state index is 0.0818. The molecule has 1 atom stereocenters. The molecule has 2 rings (SSSR count). The average Bonchev–Trinajstić information content (AvgIpc) is 2.44. The summed E-state index contributed by atoms with van der Waals surface area (Å²) in [6.45, 7) is 1.82. The number of amides is 1. The number of rotatable bonds is 4. The van der Waals surface area contributed by atoms with E-state index in [0.29, 0.717) is 0 Å². The molecular weight excluding hydrogens is 341 g/mol. The molecular formula is C15H13BrFNOS. The fourth-order valence-corrected chi connectivity index (χ4v) is 2.68. The Morgan fingerprint density at radius 1 is 1.15 bits per heavy atom. The van der Waals surface area contributed by atoms with Gasteiger partial charge in [0.15, 0.2) is 0 Å². The van der Waals surface area contributed by atoms with Crippen LogP contribution in [0, 0.1) is 5.82 Å². The minimum atomic E-state index is -0.277. The van der Waals surface area contributed by atoms with Crippen molar-refractivity contribution < 1.29 is 9.18 Å². The third-order valence-corrected chi connectivity index (χ3v) is 4.25. The maximum absolute atomic E-state index is 12.8. The third-order valence-electron chi connectivity index (χ3n) is 2.61. The lowest BCUT2D eigenvalue weighted by Gasteiger charge is -2.12. The summed E-state index contributed by atoms with van der Waals surface area (Å²) in [6, 6.07) is 13.5. The molecule has 0 saturated carbocycles. The summed E-state index contributed by atoms with van der Waals surface area (Å²) in [7, 11) is 0. The lowest BCUT2D eigenvalue weighted by atomic mass is 10.3. The number of carbonyl (C=O) groups excluding carboxylic acids is 1. The maximum atomic E-state index is 12.8. The van der Waals surface area contributed by atoms with Crippen LogP contribution in [0.5, 0.6) is 0 Å². The van der Waals surface area contributed by atoms with Gasteiger partial charge in [0.05, 0.1) is 5.25 Å². The fraction of sp³-hybridized carbons (Fsp3) is 0.133. The van der Waals surface area contributed by atoms with Crippen molar-refractivity contribution in [3.05, 3.63) is 58.8 Å². The van der Waals surface area contributed by atoms with Crippen LogP contribution in [0.3, 0.4) is 0 Å². The standard InChI is InChI=1S/C15H13BrFNOS/c1-10(20-14-8-4-12(17)5-9-14)15(19)18-13-6-2-11(16)3-7-13/h2-10H,1H3,(H,18,19)/t10-/m1/s1. The first-order chi connectivity index (χ1) is 9.54. The molecule has 0 saturated heterocycles. The average molecular weight is 354 g/mol. The quantitative estimate of drug-likeness (QED) is 0.806. The highest BCUT2D eigenvalue weighted by atomic mass is 79.9. The lowest BCUT2D eigenvalue weighted by Crippen LogP contribution is -2.22. The van der Waals surface area contributed by atoms with Gasteiger partial charge >= 0.3 is 0 Å². The van der Waals surface area contributed by atoms with E-state index in [1.165, 1.54) is 23.9 Å². The second-order valence-corrected chi connectivity index (χ2v) is 6.54. The molecule has 0 aromatic heterocycles. The number of anilines is 1. The van der Waals surface area contributed by atoms with Gasteiger partial charge in [-0.2, -0.15) is 0 Å². The predicted octanol–water partition coefficient (Wildman–Crippen LogP) is 4.71. The van der Waals surface area contributed by atoms with Crippen molar-refractivity contribution in [1.82, 2.24) is 0 Å². The molecule has 2 nitrogen and oxygen atoms in total. The molecule has 1 amide bonds. The van der Waals surface area contributed by atoms with Gasteiger partial charge in [-0.25, -0.2) is 4.39 Å². The molecule has 0 aliphatic rings. The molecule has 2 aromatic carbocycles. The number of halogens is 2. The van der Waals surface area contributed by atoms with E-state index in [9.17, 15) is 9.18 Å². The van der Waals surface area contributed by atoms with E-state index in [1.807, 2.05) is 31.2 Å². The lowest BCUT2D eigenvalue weighted by molar-refractivity contribution is -0.115. The Bertz CT molecular complexity index is 586. The predicted molar refractivity (Wildman–Crippen MR) is 84.5 cm³/mol. The summed E-state index contributed by atoms with van der Waals surface area (Å²) in [5, 5.41) is 2.59. The van der Waals surface area contributed by atoms with Crippen LogP contribution in [0.25, 0.3) is 0 Å². The maximum Gasteiger partial charge on any atom is 0.237 e. The van der Waals surface area contributed by atoms with Crippen LogP contribution < -0.4 is 5.32 Å². The molecule has 20 heavy (non-hydrogen) atoms. The monoisotopic (exact) mass is 353 g/mol. The summed E-state index contributed by atoms with van der Waals surface area (Å²) in [5.74, 6) is -0.358. The molecule has 1 N–H and O–H groups in total. The summed E-state index contributed by atoms with van der Waals surface area (Å²) in [5.41, 5.74) is 0.754. The van der Waals surface area contributed by atoms with E-state index in [0.717, 1.165) is 15.1 Å². The Morgan fingerprint density at radius 3 is 2.35 bits per heavy atom. The Balaban J connectivity index is 1.94. The molecule has 0 fully saturated rings. The zero-order valence-electron chi connectivity index (χ0n) is 10.8. The largest absolute Gasteiger partial charge is 0.325 e. The molecule has 0 aliphatic heterocycles. The van der Waals surface area contributed by atoms with Gasteiger partial charge in [0.2, 0.25) is 5.91 Å². The van der Waals surface area contributed by atoms with Crippen molar-refractivity contribution in [3.63, 3.8) is 0 Å². The highest BCUT2D eigenvalue weighted by Crippen LogP contribution is 2.24. The highest BCUT2D eigenvalue weighted by Gasteiger charge is 2.14. The van der Waals surface area contributed by atoms with E-state index < -0.39 is 0 Å². The van der Waals surface area contributed by atoms with Crippen LogP contribution in [0.1, 0.15) is 6.92 Å². The van der Waals surface area contributed by atoms with E-state index in [-0.39, 0.29) is 17.0 Å². The number of hydrogen-bond acceptors (Lipinski definition) is 2. The number of hydrogen-bond donors (Lipinski definition) is 1. The molecule has 0 heterocycles. The van der Waals surface area contributed by atoms with Crippen molar-refractivity contribution in [2.45, 2.75) is 17.1 Å². The first kappa shape index (κ1) is 15.1. The Hall–Kier alpha value is -1.33. The van der Waals surface area contributed by atoms with Gasteiger partial charge in [-0.05, 0) is 55.5 Å². The van der Waals surface area contributed by atoms with Gasteiger partial charge < -0.3 is 5.32 Å². The minimum Gasteiger partial charge on any atom is -0.325 e. The van der Waals surface area contributed by atoms with Crippen LogP contribution in [0.15, 0.2) is 57.9 Å². The fourth-order valence-electron chi connectivity index (χ4n) is 1.55. The van der Waals surface area contributed by atoms with Crippen LogP contribution in [0.2, 0.25) is 0 Å². The van der Waals surface area contributed by atoms with E-state index >= 15 is 0 Å². The molecule has 0 bridgehead atoms. The van der Waals surface area contributed by atoms with Gasteiger partial charge in [-0.15, -0.1) is 11.8 Å². The summed E-state index contributed by atoms with van der Waals surface area (Å²) >= 11 is 4.74. The molecule has 0 spiro atoms. The first-order valence-corrected chi connectivity index (χ1v) is 7.70. The molecule has 2 aromatic rings. The van der Waals surface area contributed by atoms with Crippen LogP contribution >= 0.6 is 27.7 Å². The highest BCUT2D eigenvalue weighted by molar-refractivity contribution is 9.10. The second kappa shape index (κ2) is 6.90. The summed E-state index contributed by atoms with van der Waals surface area (Å²) in [4.78, 5) is 12.9. The normalized spacial score (nSPS) is 11.9. The molecule has 0 radical (unpaired) electrons. The number of thioether (sulfide) groups is 1.